The van der Waals surface area contributed by atoms with Gasteiger partial charge < -0.3 is 9.15 Å². The van der Waals surface area contributed by atoms with E-state index < -0.39 is 5.97 Å². The monoisotopic (exact) mass is 364 g/mol. The Morgan fingerprint density at radius 2 is 1.96 bits per heavy atom. The highest BCUT2D eigenvalue weighted by Gasteiger charge is 2.28. The average molecular weight is 364 g/mol. The zero-order valence-electron chi connectivity index (χ0n) is 15.4. The summed E-state index contributed by atoms with van der Waals surface area (Å²) in [4.78, 5) is 24.6. The highest BCUT2D eigenvalue weighted by molar-refractivity contribution is 6.29. The summed E-state index contributed by atoms with van der Waals surface area (Å²) in [6, 6.07) is 10.2. The molecular weight excluding hydrogens is 344 g/mol. The molecule has 6 heteroatoms. The number of hydrazone groups is 1. The summed E-state index contributed by atoms with van der Waals surface area (Å²) in [5.41, 5.74) is 2.13. The molecular formula is C21H20N2O4. The van der Waals surface area contributed by atoms with Gasteiger partial charge in [-0.05, 0) is 69.3 Å². The minimum Gasteiger partial charge on any atom is -0.465 e. The van der Waals surface area contributed by atoms with Gasteiger partial charge in [0.2, 0.25) is 0 Å². The first kappa shape index (κ1) is 18.4. The first-order valence-electron chi connectivity index (χ1n) is 8.58. The van der Waals surface area contributed by atoms with Crippen LogP contribution in [-0.4, -0.2) is 23.7 Å². The Balaban J connectivity index is 1.74. The van der Waals surface area contributed by atoms with Gasteiger partial charge in [-0.15, -0.1) is 0 Å². The first-order chi connectivity index (χ1) is 13.0. The minimum absolute atomic E-state index is 0.188. The van der Waals surface area contributed by atoms with Crippen LogP contribution in [0.4, 0.5) is 5.69 Å². The van der Waals surface area contributed by atoms with E-state index in [-0.39, 0.29) is 12.0 Å². The Kier molecular flexibility index (Phi) is 5.35. The van der Waals surface area contributed by atoms with E-state index in [0.717, 1.165) is 0 Å². The number of carbonyl (C=O) groups is 2. The summed E-state index contributed by atoms with van der Waals surface area (Å²) < 4.78 is 10.4. The number of benzene rings is 1. The summed E-state index contributed by atoms with van der Waals surface area (Å²) in [7, 11) is 0. The van der Waals surface area contributed by atoms with Crippen LogP contribution in [0, 0.1) is 0 Å². The van der Waals surface area contributed by atoms with Gasteiger partial charge in [0, 0.05) is 0 Å². The highest BCUT2D eigenvalue weighted by Crippen LogP contribution is 2.24. The van der Waals surface area contributed by atoms with Crippen molar-refractivity contribution < 1.29 is 18.7 Å². The largest absolute Gasteiger partial charge is 0.465 e. The van der Waals surface area contributed by atoms with Gasteiger partial charge in [0.25, 0.3) is 5.91 Å². The molecule has 0 saturated heterocycles. The molecule has 2 heterocycles. The van der Waals surface area contributed by atoms with Crippen molar-refractivity contribution in [2.24, 2.45) is 5.10 Å². The maximum Gasteiger partial charge on any atom is 0.338 e. The third-order valence-electron chi connectivity index (χ3n) is 3.82. The lowest BCUT2D eigenvalue weighted by Gasteiger charge is -2.12. The molecule has 1 aromatic carbocycles. The Labute approximate surface area is 157 Å². The number of hydrogen-bond donors (Lipinski definition) is 0. The number of anilines is 1. The lowest BCUT2D eigenvalue weighted by molar-refractivity contribution is -0.114. The Hall–Kier alpha value is -3.41. The first-order valence-corrected chi connectivity index (χ1v) is 8.58. The molecule has 27 heavy (non-hydrogen) atoms. The van der Waals surface area contributed by atoms with Crippen LogP contribution in [0.2, 0.25) is 0 Å². The van der Waals surface area contributed by atoms with Crippen molar-refractivity contribution in [1.29, 1.82) is 0 Å². The maximum atomic E-state index is 12.7. The number of furan rings is 1. The molecule has 1 aliphatic heterocycles. The molecule has 3 rings (SSSR count). The van der Waals surface area contributed by atoms with Crippen molar-refractivity contribution in [3.63, 3.8) is 0 Å². The molecule has 0 radical (unpaired) electrons. The second kappa shape index (κ2) is 7.86. The number of esters is 1. The molecule has 0 N–H and O–H groups in total. The Bertz CT molecular complexity index is 920. The number of nitrogens with zero attached hydrogens (tertiary/aromatic N) is 2. The van der Waals surface area contributed by atoms with E-state index in [2.05, 4.69) is 5.10 Å². The molecule has 0 bridgehead atoms. The summed E-state index contributed by atoms with van der Waals surface area (Å²) in [6.45, 7) is 5.36. The normalized spacial score (nSPS) is 15.9. The Morgan fingerprint density at radius 3 is 2.59 bits per heavy atom. The molecule has 2 aromatic rings. The van der Waals surface area contributed by atoms with Crippen LogP contribution in [0.25, 0.3) is 6.08 Å². The maximum absolute atomic E-state index is 12.7. The van der Waals surface area contributed by atoms with Crippen molar-refractivity contribution in [1.82, 2.24) is 0 Å². The smallest absolute Gasteiger partial charge is 0.338 e. The lowest BCUT2D eigenvalue weighted by atomic mass is 10.1. The molecule has 0 fully saturated rings. The van der Waals surface area contributed by atoms with Gasteiger partial charge in [-0.2, -0.15) is 10.1 Å². The fourth-order valence-electron chi connectivity index (χ4n) is 2.53. The summed E-state index contributed by atoms with van der Waals surface area (Å²) >= 11 is 0. The van der Waals surface area contributed by atoms with Crippen LogP contribution in [0.15, 0.2) is 69.9 Å². The summed E-state index contributed by atoms with van der Waals surface area (Å²) in [5, 5.41) is 5.64. The van der Waals surface area contributed by atoms with Crippen LogP contribution in [0.3, 0.4) is 0 Å². The van der Waals surface area contributed by atoms with E-state index in [0.29, 0.717) is 28.3 Å². The number of rotatable bonds is 5. The molecule has 1 aromatic heterocycles. The second-order valence-corrected chi connectivity index (χ2v) is 6.26. The molecule has 0 unspecified atom stereocenters. The van der Waals surface area contributed by atoms with Gasteiger partial charge >= 0.3 is 5.97 Å². The number of hydrogen-bond acceptors (Lipinski definition) is 5. The molecule has 1 amide bonds. The number of amides is 1. The van der Waals surface area contributed by atoms with Crippen molar-refractivity contribution in [3.05, 3.63) is 71.7 Å². The quantitative estimate of drug-likeness (QED) is 0.589. The fraction of sp³-hybridized carbons (Fsp3) is 0.190. The highest BCUT2D eigenvalue weighted by atomic mass is 16.5. The van der Waals surface area contributed by atoms with E-state index in [1.54, 1.807) is 75.6 Å². The molecule has 0 atom stereocenters. The van der Waals surface area contributed by atoms with Crippen LogP contribution < -0.4 is 5.01 Å². The van der Waals surface area contributed by atoms with Crippen molar-refractivity contribution >= 4 is 29.4 Å². The van der Waals surface area contributed by atoms with Gasteiger partial charge in [0.15, 0.2) is 0 Å². The minimum atomic E-state index is -0.396. The van der Waals surface area contributed by atoms with Gasteiger partial charge in [-0.1, -0.05) is 6.08 Å². The summed E-state index contributed by atoms with van der Waals surface area (Å²) in [5.74, 6) is 0.0781. The van der Waals surface area contributed by atoms with E-state index in [1.807, 2.05) is 6.07 Å². The van der Waals surface area contributed by atoms with Crippen LogP contribution in [0.1, 0.15) is 36.9 Å². The van der Waals surface area contributed by atoms with Gasteiger partial charge in [-0.3, -0.25) is 4.79 Å². The van der Waals surface area contributed by atoms with Crippen molar-refractivity contribution in [2.45, 2.75) is 26.9 Å². The van der Waals surface area contributed by atoms with E-state index in [9.17, 15) is 9.59 Å². The molecule has 6 nitrogen and oxygen atoms in total. The third kappa shape index (κ3) is 4.23. The van der Waals surface area contributed by atoms with E-state index >= 15 is 0 Å². The zero-order valence-corrected chi connectivity index (χ0v) is 15.4. The molecule has 0 spiro atoms. The molecule has 138 valence electrons. The van der Waals surface area contributed by atoms with Gasteiger partial charge in [-0.25, -0.2) is 4.79 Å². The predicted octanol–water partition coefficient (Wildman–Crippen LogP) is 4.21. The third-order valence-corrected chi connectivity index (χ3v) is 3.82. The molecule has 0 saturated carbocycles. The molecule has 1 aliphatic rings. The van der Waals surface area contributed by atoms with Crippen LogP contribution >= 0.6 is 0 Å². The zero-order chi connectivity index (χ0) is 19.4. The van der Waals surface area contributed by atoms with Crippen LogP contribution in [0.5, 0.6) is 0 Å². The van der Waals surface area contributed by atoms with Crippen molar-refractivity contribution in [2.75, 3.05) is 5.01 Å². The number of carbonyl (C=O) groups excluding carboxylic acids is 2. The standard InChI is InChI=1S/C21H20N2O4/c1-14(2)27-21(25)16-9-11-17(12-10-16)23-20(24)19(15(3)22-23)8-4-6-18-7-5-13-26-18/h4-14H,1-3H3. The van der Waals surface area contributed by atoms with Gasteiger partial charge in [0.05, 0.1) is 34.9 Å². The fourth-order valence-corrected chi connectivity index (χ4v) is 2.53. The van der Waals surface area contributed by atoms with Gasteiger partial charge in [0.1, 0.15) is 5.76 Å². The summed E-state index contributed by atoms with van der Waals surface area (Å²) in [6.07, 6.45) is 6.62. The van der Waals surface area contributed by atoms with Crippen LogP contribution in [-0.2, 0) is 9.53 Å². The van der Waals surface area contributed by atoms with Crippen molar-refractivity contribution in [3.8, 4) is 0 Å². The predicted molar refractivity (Wildman–Crippen MR) is 103 cm³/mol. The lowest BCUT2D eigenvalue weighted by Crippen LogP contribution is -2.21. The topological polar surface area (TPSA) is 72.1 Å². The number of ether oxygens (including phenoxy) is 1. The molecule has 0 aliphatic carbocycles. The van der Waals surface area contributed by atoms with E-state index in [4.69, 9.17) is 9.15 Å². The number of allylic oxidation sites excluding steroid dienone is 2. The average Bonchev–Trinajstić information content (AvgIpc) is 3.24. The Morgan fingerprint density at radius 1 is 1.22 bits per heavy atom. The second-order valence-electron chi connectivity index (χ2n) is 6.26. The van der Waals surface area contributed by atoms with E-state index in [1.165, 1.54) is 5.01 Å². The SMILES string of the molecule is CC1=NN(c2ccc(C(=O)OC(C)C)cc2)C(=O)C1=CC=Cc1ccco1.